The van der Waals surface area contributed by atoms with E-state index < -0.39 is 0 Å². The van der Waals surface area contributed by atoms with E-state index in [0.717, 1.165) is 30.7 Å². The standard InChI is InChI=1S/C19H29N3O3S/c1-6-17-18(14-9-10-15(24-5)16(13-14)25-7-2)20-22(19(23)26-17)12-8-11-21(3)4/h9-10,13,17H,6-8,11-12H2,1-5H3. The van der Waals surface area contributed by atoms with Gasteiger partial charge in [-0.3, -0.25) is 4.79 Å². The van der Waals surface area contributed by atoms with E-state index in [1.165, 1.54) is 11.8 Å². The Kier molecular flexibility index (Phi) is 7.78. The molecule has 1 aromatic rings. The molecule has 0 spiro atoms. The molecule has 0 saturated heterocycles. The summed E-state index contributed by atoms with van der Waals surface area (Å²) in [5.74, 6) is 1.40. The largest absolute Gasteiger partial charge is 0.493 e. The molecule has 1 atom stereocenters. The van der Waals surface area contributed by atoms with E-state index in [4.69, 9.17) is 14.6 Å². The molecule has 0 saturated carbocycles. The van der Waals surface area contributed by atoms with E-state index in [9.17, 15) is 4.79 Å². The van der Waals surface area contributed by atoms with Gasteiger partial charge in [-0.25, -0.2) is 5.01 Å². The van der Waals surface area contributed by atoms with Gasteiger partial charge in [0.25, 0.3) is 0 Å². The molecule has 0 bridgehead atoms. The molecule has 1 aromatic carbocycles. The predicted octanol–water partition coefficient (Wildman–Crippen LogP) is 3.70. The summed E-state index contributed by atoms with van der Waals surface area (Å²) >= 11 is 1.36. The van der Waals surface area contributed by atoms with Crippen LogP contribution in [0.4, 0.5) is 4.79 Å². The Bertz CT molecular complexity index is 649. The quantitative estimate of drug-likeness (QED) is 0.655. The number of benzene rings is 1. The first kappa shape index (κ1) is 20.6. The Labute approximate surface area is 160 Å². The second-order valence-corrected chi connectivity index (χ2v) is 7.50. The minimum atomic E-state index is 0.0258. The Morgan fingerprint density at radius 3 is 2.65 bits per heavy atom. The average Bonchev–Trinajstić information content (AvgIpc) is 2.62. The third-order valence-corrected chi connectivity index (χ3v) is 5.35. The molecule has 1 amide bonds. The smallest absolute Gasteiger partial charge is 0.302 e. The van der Waals surface area contributed by atoms with Crippen molar-refractivity contribution in [2.24, 2.45) is 5.10 Å². The van der Waals surface area contributed by atoms with Crippen LogP contribution in [0.2, 0.25) is 0 Å². The number of thioether (sulfide) groups is 1. The van der Waals surface area contributed by atoms with E-state index in [0.29, 0.717) is 24.7 Å². The number of carbonyl (C=O) groups is 1. The Morgan fingerprint density at radius 1 is 1.27 bits per heavy atom. The molecule has 144 valence electrons. The minimum Gasteiger partial charge on any atom is -0.493 e. The highest BCUT2D eigenvalue weighted by atomic mass is 32.2. The molecule has 1 aliphatic rings. The molecule has 0 N–H and O–H groups in total. The fourth-order valence-electron chi connectivity index (χ4n) is 2.78. The van der Waals surface area contributed by atoms with Gasteiger partial charge in [-0.1, -0.05) is 18.7 Å². The number of nitrogens with zero attached hydrogens (tertiary/aromatic N) is 3. The summed E-state index contributed by atoms with van der Waals surface area (Å²) in [5, 5.41) is 6.38. The van der Waals surface area contributed by atoms with Crippen molar-refractivity contribution in [2.75, 3.05) is 40.9 Å². The first-order valence-corrected chi connectivity index (χ1v) is 9.90. The number of rotatable bonds is 9. The summed E-state index contributed by atoms with van der Waals surface area (Å²) in [6.45, 7) is 6.13. The van der Waals surface area contributed by atoms with Gasteiger partial charge in [0, 0.05) is 12.1 Å². The fraction of sp³-hybridized carbons (Fsp3) is 0.579. The normalized spacial score (nSPS) is 17.5. The molecular formula is C19H29N3O3S. The van der Waals surface area contributed by atoms with E-state index in [-0.39, 0.29) is 10.5 Å². The number of carbonyl (C=O) groups excluding carboxylic acids is 1. The molecule has 1 unspecified atom stereocenters. The molecule has 0 radical (unpaired) electrons. The summed E-state index contributed by atoms with van der Waals surface area (Å²) in [7, 11) is 5.69. The molecule has 26 heavy (non-hydrogen) atoms. The summed E-state index contributed by atoms with van der Waals surface area (Å²) in [5.41, 5.74) is 1.89. The summed E-state index contributed by atoms with van der Waals surface area (Å²) in [4.78, 5) is 14.5. The van der Waals surface area contributed by atoms with Gasteiger partial charge in [-0.2, -0.15) is 5.10 Å². The number of hydrazone groups is 1. The monoisotopic (exact) mass is 379 g/mol. The van der Waals surface area contributed by atoms with Crippen LogP contribution in [0.3, 0.4) is 0 Å². The van der Waals surface area contributed by atoms with Crippen molar-refractivity contribution < 1.29 is 14.3 Å². The van der Waals surface area contributed by atoms with Crippen molar-refractivity contribution in [1.82, 2.24) is 9.91 Å². The topological polar surface area (TPSA) is 54.4 Å². The van der Waals surface area contributed by atoms with Gasteiger partial charge in [0.2, 0.25) is 0 Å². The maximum absolute atomic E-state index is 12.4. The summed E-state index contributed by atoms with van der Waals surface area (Å²) < 4.78 is 11.1. The van der Waals surface area contributed by atoms with Crippen molar-refractivity contribution >= 4 is 22.7 Å². The van der Waals surface area contributed by atoms with E-state index in [2.05, 4.69) is 11.8 Å². The molecule has 1 aliphatic heterocycles. The predicted molar refractivity (Wildman–Crippen MR) is 108 cm³/mol. The van der Waals surface area contributed by atoms with Crippen molar-refractivity contribution in [3.05, 3.63) is 23.8 Å². The Morgan fingerprint density at radius 2 is 2.04 bits per heavy atom. The SMILES string of the molecule is CCOc1cc(C2=NN(CCCN(C)C)C(=O)SC2CC)ccc1OC. The second kappa shape index (κ2) is 9.83. The van der Waals surface area contributed by atoms with Gasteiger partial charge in [-0.05, 0) is 58.6 Å². The average molecular weight is 380 g/mol. The lowest BCUT2D eigenvalue weighted by molar-refractivity contribution is 0.221. The van der Waals surface area contributed by atoms with Gasteiger partial charge < -0.3 is 14.4 Å². The molecule has 0 aromatic heterocycles. The molecule has 0 fully saturated rings. The lowest BCUT2D eigenvalue weighted by atomic mass is 10.0. The molecule has 7 heteroatoms. The Hall–Kier alpha value is -1.73. The van der Waals surface area contributed by atoms with E-state index in [1.54, 1.807) is 12.1 Å². The van der Waals surface area contributed by atoms with Crippen molar-refractivity contribution in [1.29, 1.82) is 0 Å². The maximum atomic E-state index is 12.4. The Balaban J connectivity index is 2.30. The van der Waals surface area contributed by atoms with E-state index >= 15 is 0 Å². The highest BCUT2D eigenvalue weighted by Gasteiger charge is 2.30. The van der Waals surface area contributed by atoms with Gasteiger partial charge in [0.1, 0.15) is 0 Å². The van der Waals surface area contributed by atoms with Crippen LogP contribution in [0.5, 0.6) is 11.5 Å². The van der Waals surface area contributed by atoms with Crippen LogP contribution in [0.25, 0.3) is 0 Å². The fourth-order valence-corrected chi connectivity index (χ4v) is 3.73. The summed E-state index contributed by atoms with van der Waals surface area (Å²) in [6.07, 6.45) is 1.73. The van der Waals surface area contributed by atoms with Crippen LogP contribution >= 0.6 is 11.8 Å². The number of ether oxygens (including phenoxy) is 2. The van der Waals surface area contributed by atoms with Crippen LogP contribution in [-0.4, -0.2) is 67.0 Å². The molecule has 2 rings (SSSR count). The highest BCUT2D eigenvalue weighted by molar-refractivity contribution is 8.14. The molecule has 6 nitrogen and oxygen atoms in total. The van der Waals surface area contributed by atoms with Crippen molar-refractivity contribution in [2.45, 2.75) is 31.9 Å². The molecule has 1 heterocycles. The van der Waals surface area contributed by atoms with Gasteiger partial charge in [0.15, 0.2) is 11.5 Å². The minimum absolute atomic E-state index is 0.0258. The maximum Gasteiger partial charge on any atom is 0.302 e. The number of methoxy groups -OCH3 is 1. The van der Waals surface area contributed by atoms with Gasteiger partial charge >= 0.3 is 5.24 Å². The molecule has 0 aliphatic carbocycles. The van der Waals surface area contributed by atoms with Crippen LogP contribution in [0.15, 0.2) is 23.3 Å². The number of amides is 1. The molecular weight excluding hydrogens is 350 g/mol. The zero-order valence-corrected chi connectivity index (χ0v) is 17.1. The van der Waals surface area contributed by atoms with Crippen molar-refractivity contribution in [3.63, 3.8) is 0 Å². The number of hydrogen-bond donors (Lipinski definition) is 0. The lowest BCUT2D eigenvalue weighted by Gasteiger charge is -2.29. The van der Waals surface area contributed by atoms with Crippen LogP contribution in [0, 0.1) is 0 Å². The van der Waals surface area contributed by atoms with Gasteiger partial charge in [0.05, 0.1) is 24.7 Å². The van der Waals surface area contributed by atoms with Crippen LogP contribution in [-0.2, 0) is 0 Å². The number of hydrogen-bond acceptors (Lipinski definition) is 6. The van der Waals surface area contributed by atoms with Crippen LogP contribution < -0.4 is 9.47 Å². The first-order valence-electron chi connectivity index (χ1n) is 9.02. The zero-order valence-electron chi connectivity index (χ0n) is 16.3. The second-order valence-electron chi connectivity index (χ2n) is 6.34. The van der Waals surface area contributed by atoms with Crippen molar-refractivity contribution in [3.8, 4) is 11.5 Å². The first-order chi connectivity index (χ1) is 12.5. The van der Waals surface area contributed by atoms with Gasteiger partial charge in [-0.15, -0.1) is 0 Å². The van der Waals surface area contributed by atoms with Crippen LogP contribution in [0.1, 0.15) is 32.3 Å². The zero-order chi connectivity index (χ0) is 19.1. The third kappa shape index (κ3) is 5.14. The highest BCUT2D eigenvalue weighted by Crippen LogP contribution is 2.33. The van der Waals surface area contributed by atoms with E-state index in [1.807, 2.05) is 39.2 Å². The lowest BCUT2D eigenvalue weighted by Crippen LogP contribution is -2.36. The third-order valence-electron chi connectivity index (χ3n) is 4.09. The summed E-state index contributed by atoms with van der Waals surface area (Å²) in [6, 6.07) is 5.84.